The summed E-state index contributed by atoms with van der Waals surface area (Å²) in [6, 6.07) is 3.26. The van der Waals surface area contributed by atoms with Crippen LogP contribution in [0.15, 0.2) is 12.3 Å². The summed E-state index contributed by atoms with van der Waals surface area (Å²) < 4.78 is 2.61. The molecule has 0 saturated heterocycles. The lowest BCUT2D eigenvalue weighted by atomic mass is 9.74. The van der Waals surface area contributed by atoms with Crippen molar-refractivity contribution in [1.82, 2.24) is 4.57 Å². The van der Waals surface area contributed by atoms with Gasteiger partial charge in [0.1, 0.15) is 0 Å². The van der Waals surface area contributed by atoms with Gasteiger partial charge in [0.2, 0.25) is 0 Å². The summed E-state index contributed by atoms with van der Waals surface area (Å²) in [6.45, 7) is 7.09. The second-order valence-corrected chi connectivity index (χ2v) is 7.80. The molecule has 2 heteroatoms. The number of fused-ring (bicyclic) bond motifs is 1. The molecule has 20 heavy (non-hydrogen) atoms. The van der Waals surface area contributed by atoms with Crippen molar-refractivity contribution < 1.29 is 0 Å². The number of aromatic nitrogens is 1. The number of hydrogen-bond donors (Lipinski definition) is 1. The zero-order valence-electron chi connectivity index (χ0n) is 13.4. The zero-order chi connectivity index (χ0) is 14.3. The van der Waals surface area contributed by atoms with Gasteiger partial charge in [0.15, 0.2) is 0 Å². The highest BCUT2D eigenvalue weighted by molar-refractivity contribution is 5.31. The molecule has 0 spiro atoms. The Kier molecular flexibility index (Phi) is 3.70. The maximum Gasteiger partial charge on any atom is 0.0361 e. The van der Waals surface area contributed by atoms with Gasteiger partial charge < -0.3 is 10.3 Å². The van der Waals surface area contributed by atoms with E-state index in [4.69, 9.17) is 5.73 Å². The number of nitrogens with two attached hydrogens (primary N) is 1. The molecule has 112 valence electrons. The SMILES string of the molecule is CCC1CCCCC1n1ccc2c1CC(C)(C)CC2N. The Labute approximate surface area is 123 Å². The monoisotopic (exact) mass is 274 g/mol. The van der Waals surface area contributed by atoms with Crippen LogP contribution in [0.3, 0.4) is 0 Å². The van der Waals surface area contributed by atoms with Gasteiger partial charge in [-0.2, -0.15) is 0 Å². The molecule has 1 aromatic rings. The summed E-state index contributed by atoms with van der Waals surface area (Å²) in [5.74, 6) is 0.863. The van der Waals surface area contributed by atoms with E-state index in [1.165, 1.54) is 44.1 Å². The van der Waals surface area contributed by atoms with E-state index in [-0.39, 0.29) is 6.04 Å². The fraction of sp³-hybridized carbons (Fsp3) is 0.778. The Hall–Kier alpha value is -0.760. The first-order valence-electron chi connectivity index (χ1n) is 8.47. The summed E-state index contributed by atoms with van der Waals surface area (Å²) in [5, 5.41) is 0. The zero-order valence-corrected chi connectivity index (χ0v) is 13.4. The lowest BCUT2D eigenvalue weighted by Crippen LogP contribution is -2.32. The second kappa shape index (κ2) is 5.22. The maximum atomic E-state index is 6.42. The fourth-order valence-corrected chi connectivity index (χ4v) is 4.60. The molecule has 0 amide bonds. The summed E-state index contributed by atoms with van der Waals surface area (Å²) >= 11 is 0. The first-order chi connectivity index (χ1) is 9.52. The lowest BCUT2D eigenvalue weighted by molar-refractivity contribution is 0.215. The average molecular weight is 274 g/mol. The van der Waals surface area contributed by atoms with Crippen LogP contribution < -0.4 is 5.73 Å². The molecule has 1 aromatic heterocycles. The van der Waals surface area contributed by atoms with Crippen LogP contribution in [0.4, 0.5) is 0 Å². The smallest absolute Gasteiger partial charge is 0.0361 e. The van der Waals surface area contributed by atoms with Crippen LogP contribution in [0.2, 0.25) is 0 Å². The molecule has 1 heterocycles. The van der Waals surface area contributed by atoms with Gasteiger partial charge >= 0.3 is 0 Å². The van der Waals surface area contributed by atoms with Crippen LogP contribution >= 0.6 is 0 Å². The minimum atomic E-state index is 0.235. The Bertz CT molecular complexity index is 472. The third kappa shape index (κ3) is 2.43. The van der Waals surface area contributed by atoms with E-state index in [9.17, 15) is 0 Å². The van der Waals surface area contributed by atoms with Gasteiger partial charge in [0.25, 0.3) is 0 Å². The second-order valence-electron chi connectivity index (χ2n) is 7.80. The molecule has 0 aromatic carbocycles. The highest BCUT2D eigenvalue weighted by Gasteiger charge is 2.35. The molecular weight excluding hydrogens is 244 g/mol. The van der Waals surface area contributed by atoms with Gasteiger partial charge in [-0.05, 0) is 48.6 Å². The van der Waals surface area contributed by atoms with Crippen molar-refractivity contribution in [3.05, 3.63) is 23.5 Å². The molecular formula is C18H30N2. The highest BCUT2D eigenvalue weighted by atomic mass is 15.0. The normalized spacial score (nSPS) is 32.9. The van der Waals surface area contributed by atoms with E-state index in [1.807, 2.05) is 0 Å². The van der Waals surface area contributed by atoms with E-state index in [0.717, 1.165) is 18.4 Å². The van der Waals surface area contributed by atoms with Crippen molar-refractivity contribution in [3.63, 3.8) is 0 Å². The molecule has 3 unspecified atom stereocenters. The Balaban J connectivity index is 1.95. The first kappa shape index (κ1) is 14.2. The van der Waals surface area contributed by atoms with Crippen molar-refractivity contribution in [3.8, 4) is 0 Å². The van der Waals surface area contributed by atoms with E-state index >= 15 is 0 Å². The number of nitrogens with zero attached hydrogens (tertiary/aromatic N) is 1. The van der Waals surface area contributed by atoms with Crippen LogP contribution in [0, 0.1) is 11.3 Å². The van der Waals surface area contributed by atoms with Gasteiger partial charge in [-0.3, -0.25) is 0 Å². The fourth-order valence-electron chi connectivity index (χ4n) is 4.60. The van der Waals surface area contributed by atoms with E-state index in [1.54, 1.807) is 5.69 Å². The summed E-state index contributed by atoms with van der Waals surface area (Å²) in [6.07, 6.45) is 11.5. The predicted octanol–water partition coefficient (Wildman–Crippen LogP) is 4.60. The van der Waals surface area contributed by atoms with Crippen LogP contribution in [-0.4, -0.2) is 4.57 Å². The Morgan fingerprint density at radius 3 is 2.80 bits per heavy atom. The third-order valence-electron chi connectivity index (χ3n) is 5.63. The van der Waals surface area contributed by atoms with Crippen LogP contribution in [0.1, 0.15) is 82.6 Å². The molecule has 0 aliphatic heterocycles. The minimum absolute atomic E-state index is 0.235. The molecule has 2 aliphatic carbocycles. The van der Waals surface area contributed by atoms with Crippen molar-refractivity contribution in [1.29, 1.82) is 0 Å². The van der Waals surface area contributed by atoms with Crippen molar-refractivity contribution in [2.45, 2.75) is 77.8 Å². The summed E-state index contributed by atoms with van der Waals surface area (Å²) in [5.41, 5.74) is 9.73. The molecule has 3 atom stereocenters. The van der Waals surface area contributed by atoms with E-state index in [2.05, 4.69) is 37.6 Å². The van der Waals surface area contributed by atoms with Crippen molar-refractivity contribution in [2.24, 2.45) is 17.1 Å². The first-order valence-corrected chi connectivity index (χ1v) is 8.47. The average Bonchev–Trinajstić information content (AvgIpc) is 2.81. The Morgan fingerprint density at radius 1 is 1.30 bits per heavy atom. The molecule has 1 saturated carbocycles. The molecule has 0 bridgehead atoms. The number of rotatable bonds is 2. The van der Waals surface area contributed by atoms with Crippen LogP contribution in [-0.2, 0) is 6.42 Å². The van der Waals surface area contributed by atoms with Gasteiger partial charge in [-0.25, -0.2) is 0 Å². The van der Waals surface area contributed by atoms with E-state index in [0.29, 0.717) is 5.41 Å². The minimum Gasteiger partial charge on any atom is -0.348 e. The van der Waals surface area contributed by atoms with Gasteiger partial charge in [0.05, 0.1) is 0 Å². The molecule has 0 radical (unpaired) electrons. The summed E-state index contributed by atoms with van der Waals surface area (Å²) in [7, 11) is 0. The lowest BCUT2D eigenvalue weighted by Gasteiger charge is -2.38. The molecule has 2 nitrogen and oxygen atoms in total. The van der Waals surface area contributed by atoms with E-state index < -0.39 is 0 Å². The largest absolute Gasteiger partial charge is 0.348 e. The van der Waals surface area contributed by atoms with Gasteiger partial charge in [-0.15, -0.1) is 0 Å². The van der Waals surface area contributed by atoms with Gasteiger partial charge in [-0.1, -0.05) is 40.0 Å². The molecule has 2 N–H and O–H groups in total. The number of hydrogen-bond acceptors (Lipinski definition) is 1. The van der Waals surface area contributed by atoms with Gasteiger partial charge in [0, 0.05) is 24.0 Å². The molecule has 3 rings (SSSR count). The Morgan fingerprint density at radius 2 is 2.05 bits per heavy atom. The van der Waals surface area contributed by atoms with Crippen molar-refractivity contribution >= 4 is 0 Å². The topological polar surface area (TPSA) is 30.9 Å². The summed E-state index contributed by atoms with van der Waals surface area (Å²) in [4.78, 5) is 0. The van der Waals surface area contributed by atoms with Crippen LogP contribution in [0.25, 0.3) is 0 Å². The maximum absolute atomic E-state index is 6.42. The standard InChI is InChI=1S/C18H30N2/c1-4-13-7-5-6-8-16(13)20-10-9-14-15(19)11-18(2,3)12-17(14)20/h9-10,13,15-16H,4-8,11-12,19H2,1-3H3. The van der Waals surface area contributed by atoms with Crippen LogP contribution in [0.5, 0.6) is 0 Å². The highest BCUT2D eigenvalue weighted by Crippen LogP contribution is 2.44. The predicted molar refractivity (Wildman–Crippen MR) is 84.7 cm³/mol. The van der Waals surface area contributed by atoms with Crippen molar-refractivity contribution in [2.75, 3.05) is 0 Å². The third-order valence-corrected chi connectivity index (χ3v) is 5.63. The molecule has 1 fully saturated rings. The molecule has 2 aliphatic rings. The quantitative estimate of drug-likeness (QED) is 0.839.